The molecule has 0 aliphatic carbocycles. The molecule has 2 aliphatic heterocycles. The van der Waals surface area contributed by atoms with Crippen LogP contribution < -0.4 is 14.7 Å². The van der Waals surface area contributed by atoms with E-state index >= 15 is 0 Å². The lowest BCUT2D eigenvalue weighted by Crippen LogP contribution is -2.46. The van der Waals surface area contributed by atoms with E-state index in [0.717, 1.165) is 17.8 Å². The lowest BCUT2D eigenvalue weighted by atomic mass is 10.1. The number of morpholine rings is 1. The smallest absolute Gasteiger partial charge is 0.378 e. The first-order valence-corrected chi connectivity index (χ1v) is 10.6. The highest BCUT2D eigenvalue weighted by atomic mass is 19.4. The van der Waals surface area contributed by atoms with Crippen LogP contribution in [0, 0.1) is 20.2 Å². The number of hydrogen-bond acceptors (Lipinski definition) is 8. The molecule has 0 atom stereocenters. The summed E-state index contributed by atoms with van der Waals surface area (Å²) in [6, 6.07) is 7.44. The van der Waals surface area contributed by atoms with Crippen molar-refractivity contribution in [3.8, 4) is 0 Å². The molecule has 2 heterocycles. The zero-order valence-corrected chi connectivity index (χ0v) is 18.0. The van der Waals surface area contributed by atoms with Gasteiger partial charge in [0.05, 0.1) is 28.6 Å². The average molecular weight is 481 g/mol. The predicted molar refractivity (Wildman–Crippen MR) is 119 cm³/mol. The second-order valence-electron chi connectivity index (χ2n) is 7.96. The normalized spacial score (nSPS) is 17.1. The molecule has 0 amide bonds. The second kappa shape index (κ2) is 9.33. The van der Waals surface area contributed by atoms with Gasteiger partial charge in [0, 0.05) is 57.1 Å². The van der Waals surface area contributed by atoms with Gasteiger partial charge in [-0.1, -0.05) is 0 Å². The molecule has 2 aliphatic rings. The Balaban J connectivity index is 1.53. The monoisotopic (exact) mass is 481 g/mol. The molecule has 2 fully saturated rings. The summed E-state index contributed by atoms with van der Waals surface area (Å²) in [7, 11) is 0. The van der Waals surface area contributed by atoms with Gasteiger partial charge in [-0.15, -0.1) is 0 Å². The van der Waals surface area contributed by atoms with E-state index in [9.17, 15) is 33.4 Å². The highest BCUT2D eigenvalue weighted by Gasteiger charge is 2.34. The quantitative estimate of drug-likeness (QED) is 0.471. The fourth-order valence-corrected chi connectivity index (χ4v) is 4.24. The van der Waals surface area contributed by atoms with Crippen LogP contribution >= 0.6 is 0 Å². The summed E-state index contributed by atoms with van der Waals surface area (Å²) < 4.78 is 44.3. The molecule has 10 nitrogen and oxygen atoms in total. The van der Waals surface area contributed by atoms with E-state index in [-0.39, 0.29) is 11.4 Å². The Bertz CT molecular complexity index is 1080. The number of alkyl halides is 3. The Hall–Kier alpha value is -3.61. The van der Waals surface area contributed by atoms with E-state index in [2.05, 4.69) is 0 Å². The first kappa shape index (κ1) is 23.5. The van der Waals surface area contributed by atoms with Gasteiger partial charge in [-0.3, -0.25) is 20.2 Å². The van der Waals surface area contributed by atoms with Crippen molar-refractivity contribution in [3.05, 3.63) is 62.2 Å². The lowest BCUT2D eigenvalue weighted by Gasteiger charge is -2.37. The largest absolute Gasteiger partial charge is 0.416 e. The fourth-order valence-electron chi connectivity index (χ4n) is 4.24. The van der Waals surface area contributed by atoms with Crippen LogP contribution in [0.3, 0.4) is 0 Å². The van der Waals surface area contributed by atoms with E-state index in [1.54, 1.807) is 17.0 Å². The van der Waals surface area contributed by atoms with Crippen molar-refractivity contribution in [2.75, 3.05) is 67.2 Å². The summed E-state index contributed by atoms with van der Waals surface area (Å²) in [5, 5.41) is 23.0. The molecular formula is C21H22F3N5O5. The SMILES string of the molecule is O=[N+]([O-])c1ccc(N2CCN(c3ccc(C(F)(F)F)cc3[N+](=O)[O-])CC2)cc1N1CCOCC1. The van der Waals surface area contributed by atoms with Gasteiger partial charge in [-0.05, 0) is 24.3 Å². The van der Waals surface area contributed by atoms with Gasteiger partial charge in [-0.2, -0.15) is 13.2 Å². The maximum atomic E-state index is 13.0. The molecule has 0 unspecified atom stereocenters. The minimum atomic E-state index is -4.67. The average Bonchev–Trinajstić information content (AvgIpc) is 2.83. The summed E-state index contributed by atoms with van der Waals surface area (Å²) in [5.74, 6) is 0. The molecule has 0 saturated carbocycles. The third-order valence-electron chi connectivity index (χ3n) is 5.99. The van der Waals surface area contributed by atoms with E-state index < -0.39 is 27.3 Å². The van der Waals surface area contributed by atoms with Crippen molar-refractivity contribution in [2.24, 2.45) is 0 Å². The molecule has 2 aromatic rings. The Kier molecular flexibility index (Phi) is 6.46. The molecule has 13 heteroatoms. The molecule has 4 rings (SSSR count). The van der Waals surface area contributed by atoms with Crippen LogP contribution in [0.4, 0.5) is 41.6 Å². The summed E-state index contributed by atoms with van der Waals surface area (Å²) in [6.45, 7) is 3.60. The van der Waals surface area contributed by atoms with Crippen LogP contribution in [0.25, 0.3) is 0 Å². The number of nitrogens with zero attached hydrogens (tertiary/aromatic N) is 5. The van der Waals surface area contributed by atoms with Gasteiger partial charge in [0.2, 0.25) is 0 Å². The standard InChI is InChI=1S/C21H22F3N5O5/c22-21(23,24)15-1-3-17(20(13-15)29(32)33)26-7-5-25(6-8-26)16-2-4-18(28(30)31)19(14-16)27-9-11-34-12-10-27/h1-4,13-14H,5-12H2. The molecule has 34 heavy (non-hydrogen) atoms. The molecular weight excluding hydrogens is 459 g/mol. The molecule has 0 aromatic heterocycles. The number of nitro groups is 2. The van der Waals surface area contributed by atoms with E-state index in [1.165, 1.54) is 6.07 Å². The van der Waals surface area contributed by atoms with E-state index in [0.29, 0.717) is 64.2 Å². The molecule has 0 radical (unpaired) electrons. The van der Waals surface area contributed by atoms with Crippen LogP contribution in [0.15, 0.2) is 36.4 Å². The second-order valence-corrected chi connectivity index (χ2v) is 7.96. The first-order chi connectivity index (χ1) is 16.1. The highest BCUT2D eigenvalue weighted by molar-refractivity contribution is 5.71. The summed E-state index contributed by atoms with van der Waals surface area (Å²) in [4.78, 5) is 27.3. The van der Waals surface area contributed by atoms with Crippen molar-refractivity contribution in [1.29, 1.82) is 0 Å². The van der Waals surface area contributed by atoms with Gasteiger partial charge >= 0.3 is 6.18 Å². The Morgan fingerprint density at radius 1 is 0.735 bits per heavy atom. The molecule has 0 bridgehead atoms. The lowest BCUT2D eigenvalue weighted by molar-refractivity contribution is -0.384. The zero-order valence-electron chi connectivity index (χ0n) is 18.0. The maximum absolute atomic E-state index is 13.0. The molecule has 0 N–H and O–H groups in total. The van der Waals surface area contributed by atoms with Crippen molar-refractivity contribution in [1.82, 2.24) is 0 Å². The number of hydrogen-bond donors (Lipinski definition) is 0. The maximum Gasteiger partial charge on any atom is 0.416 e. The third kappa shape index (κ3) is 4.83. The fraction of sp³-hybridized carbons (Fsp3) is 0.429. The van der Waals surface area contributed by atoms with Crippen molar-refractivity contribution in [2.45, 2.75) is 6.18 Å². The van der Waals surface area contributed by atoms with Crippen LogP contribution in [-0.4, -0.2) is 62.3 Å². The predicted octanol–water partition coefficient (Wildman–Crippen LogP) is 3.69. The number of nitro benzene ring substituents is 2. The van der Waals surface area contributed by atoms with Crippen molar-refractivity contribution < 1.29 is 27.8 Å². The van der Waals surface area contributed by atoms with Crippen LogP contribution in [0.2, 0.25) is 0 Å². The van der Waals surface area contributed by atoms with Crippen molar-refractivity contribution in [3.63, 3.8) is 0 Å². The van der Waals surface area contributed by atoms with Crippen LogP contribution in [0.1, 0.15) is 5.56 Å². The van der Waals surface area contributed by atoms with E-state index in [4.69, 9.17) is 4.74 Å². The Morgan fingerprint density at radius 2 is 1.32 bits per heavy atom. The topological polar surface area (TPSA) is 105 Å². The number of piperazine rings is 1. The third-order valence-corrected chi connectivity index (χ3v) is 5.99. The van der Waals surface area contributed by atoms with Crippen LogP contribution in [-0.2, 0) is 10.9 Å². The summed E-state index contributed by atoms with van der Waals surface area (Å²) in [6.07, 6.45) is -4.67. The van der Waals surface area contributed by atoms with Gasteiger partial charge < -0.3 is 19.4 Å². The number of ether oxygens (including phenoxy) is 1. The Morgan fingerprint density at radius 3 is 1.91 bits per heavy atom. The van der Waals surface area contributed by atoms with Gasteiger partial charge in [0.25, 0.3) is 11.4 Å². The molecule has 182 valence electrons. The van der Waals surface area contributed by atoms with E-state index in [1.807, 2.05) is 9.80 Å². The van der Waals surface area contributed by atoms with Crippen molar-refractivity contribution >= 4 is 28.4 Å². The number of anilines is 3. The highest BCUT2D eigenvalue weighted by Crippen LogP contribution is 2.38. The Labute approximate surface area is 192 Å². The van der Waals surface area contributed by atoms with Gasteiger partial charge in [0.15, 0.2) is 0 Å². The zero-order chi connectivity index (χ0) is 24.5. The minimum absolute atomic E-state index is 0.00432. The number of halogens is 3. The number of benzene rings is 2. The first-order valence-electron chi connectivity index (χ1n) is 10.6. The molecule has 0 spiro atoms. The summed E-state index contributed by atoms with van der Waals surface area (Å²) >= 11 is 0. The molecule has 2 saturated heterocycles. The van der Waals surface area contributed by atoms with Crippen LogP contribution in [0.5, 0.6) is 0 Å². The number of rotatable bonds is 5. The van der Waals surface area contributed by atoms with Gasteiger partial charge in [-0.25, -0.2) is 0 Å². The molecule has 2 aromatic carbocycles. The van der Waals surface area contributed by atoms with Gasteiger partial charge in [0.1, 0.15) is 11.4 Å². The summed E-state index contributed by atoms with van der Waals surface area (Å²) in [5.41, 5.74) is -0.239. The minimum Gasteiger partial charge on any atom is -0.378 e.